The van der Waals surface area contributed by atoms with E-state index in [9.17, 15) is 4.79 Å². The van der Waals surface area contributed by atoms with E-state index in [-0.39, 0.29) is 5.56 Å². The van der Waals surface area contributed by atoms with Crippen molar-refractivity contribution >= 4 is 5.69 Å². The summed E-state index contributed by atoms with van der Waals surface area (Å²) in [6.07, 6.45) is 7.78. The maximum atomic E-state index is 11.9. The smallest absolute Gasteiger partial charge is 0.268 e. The normalized spacial score (nSPS) is 22.6. The molecule has 104 valence electrons. The largest absolute Gasteiger partial charge is 0.383 e. The molecule has 0 bridgehead atoms. The highest BCUT2D eigenvalue weighted by Gasteiger charge is 2.20. The highest BCUT2D eigenvalue weighted by Crippen LogP contribution is 2.28. The lowest BCUT2D eigenvalue weighted by Gasteiger charge is -2.10. The van der Waals surface area contributed by atoms with Crippen molar-refractivity contribution in [3.8, 4) is 0 Å². The van der Waals surface area contributed by atoms with Crippen molar-refractivity contribution < 1.29 is 4.74 Å². The number of hydrogen-bond donors (Lipinski definition) is 1. The molecule has 1 aliphatic heterocycles. The van der Waals surface area contributed by atoms with Gasteiger partial charge in [-0.1, -0.05) is 0 Å². The summed E-state index contributed by atoms with van der Waals surface area (Å²) >= 11 is 0. The Labute approximate surface area is 113 Å². The molecule has 1 saturated heterocycles. The van der Waals surface area contributed by atoms with Crippen LogP contribution in [-0.2, 0) is 11.3 Å². The highest BCUT2D eigenvalue weighted by molar-refractivity contribution is 5.38. The van der Waals surface area contributed by atoms with Gasteiger partial charge in [-0.05, 0) is 38.0 Å². The third kappa shape index (κ3) is 3.56. The van der Waals surface area contributed by atoms with Crippen LogP contribution in [0.2, 0.25) is 0 Å². The number of anilines is 1. The van der Waals surface area contributed by atoms with Crippen LogP contribution in [0.5, 0.6) is 0 Å². The number of hydrogen-bond acceptors (Lipinski definition) is 4. The number of ether oxygens (including phenoxy) is 1. The maximum absolute atomic E-state index is 11.9. The van der Waals surface area contributed by atoms with Crippen molar-refractivity contribution in [2.45, 2.75) is 44.8 Å². The second kappa shape index (κ2) is 5.74. The lowest BCUT2D eigenvalue weighted by atomic mass is 10.2. The Morgan fingerprint density at radius 3 is 3.00 bits per heavy atom. The standard InChI is InChI=1S/C14H21N3O2/c18-14-8-12(15-9-11-3-4-11)10-16-17(14)6-5-13-2-1-7-19-13/h8,10-11,13,15H,1-7,9H2. The zero-order chi connectivity index (χ0) is 13.1. The number of aryl methyl sites for hydroxylation is 1. The first-order valence-electron chi connectivity index (χ1n) is 7.24. The van der Waals surface area contributed by atoms with E-state index in [2.05, 4.69) is 10.4 Å². The topological polar surface area (TPSA) is 56.2 Å². The Bertz CT molecular complexity index is 476. The van der Waals surface area contributed by atoms with Gasteiger partial charge in [0.2, 0.25) is 0 Å². The fourth-order valence-electron chi connectivity index (χ4n) is 2.42. The molecule has 3 rings (SSSR count). The van der Waals surface area contributed by atoms with Gasteiger partial charge in [0.25, 0.3) is 5.56 Å². The van der Waals surface area contributed by atoms with E-state index in [1.165, 1.54) is 17.5 Å². The van der Waals surface area contributed by atoms with Crippen LogP contribution in [0.15, 0.2) is 17.1 Å². The van der Waals surface area contributed by atoms with Crippen LogP contribution < -0.4 is 10.9 Å². The molecule has 2 fully saturated rings. The second-order valence-electron chi connectivity index (χ2n) is 5.55. The predicted octanol–water partition coefficient (Wildman–Crippen LogP) is 1.63. The zero-order valence-electron chi connectivity index (χ0n) is 11.2. The molecule has 2 heterocycles. The van der Waals surface area contributed by atoms with Crippen LogP contribution in [0.4, 0.5) is 5.69 Å². The number of nitrogens with one attached hydrogen (secondary N) is 1. The summed E-state index contributed by atoms with van der Waals surface area (Å²) in [6.45, 7) is 2.46. The van der Waals surface area contributed by atoms with Gasteiger partial charge in [0, 0.05) is 25.8 Å². The molecule has 1 saturated carbocycles. The SMILES string of the molecule is O=c1cc(NCC2CC2)cnn1CCC1CCCO1. The summed E-state index contributed by atoms with van der Waals surface area (Å²) in [5.41, 5.74) is 0.809. The lowest BCUT2D eigenvalue weighted by Crippen LogP contribution is -2.24. The average molecular weight is 263 g/mol. The first-order chi connectivity index (χ1) is 9.31. The summed E-state index contributed by atoms with van der Waals surface area (Å²) in [5.74, 6) is 0.793. The molecule has 19 heavy (non-hydrogen) atoms. The Balaban J connectivity index is 1.53. The summed E-state index contributed by atoms with van der Waals surface area (Å²) in [6, 6.07) is 1.64. The number of aromatic nitrogens is 2. The second-order valence-corrected chi connectivity index (χ2v) is 5.55. The third-order valence-corrected chi connectivity index (χ3v) is 3.85. The van der Waals surface area contributed by atoms with E-state index < -0.39 is 0 Å². The van der Waals surface area contributed by atoms with Gasteiger partial charge >= 0.3 is 0 Å². The third-order valence-electron chi connectivity index (χ3n) is 3.85. The lowest BCUT2D eigenvalue weighted by molar-refractivity contribution is 0.0990. The van der Waals surface area contributed by atoms with Crippen LogP contribution in [-0.4, -0.2) is 29.0 Å². The zero-order valence-corrected chi connectivity index (χ0v) is 11.2. The van der Waals surface area contributed by atoms with Crippen LogP contribution in [0.25, 0.3) is 0 Å². The molecule has 1 atom stereocenters. The van der Waals surface area contributed by atoms with Gasteiger partial charge in [0.15, 0.2) is 0 Å². The van der Waals surface area contributed by atoms with E-state index in [0.717, 1.165) is 44.0 Å². The van der Waals surface area contributed by atoms with Crippen molar-refractivity contribution in [1.82, 2.24) is 9.78 Å². The molecule has 0 spiro atoms. The monoisotopic (exact) mass is 263 g/mol. The van der Waals surface area contributed by atoms with Gasteiger partial charge < -0.3 is 10.1 Å². The minimum atomic E-state index is -0.0289. The first kappa shape index (κ1) is 12.7. The molecular weight excluding hydrogens is 242 g/mol. The van der Waals surface area contributed by atoms with E-state index >= 15 is 0 Å². The molecular formula is C14H21N3O2. The molecule has 2 aliphatic rings. The Morgan fingerprint density at radius 2 is 2.32 bits per heavy atom. The van der Waals surface area contributed by atoms with Crippen LogP contribution >= 0.6 is 0 Å². The predicted molar refractivity (Wildman–Crippen MR) is 73.3 cm³/mol. The summed E-state index contributed by atoms with van der Waals surface area (Å²) in [4.78, 5) is 11.9. The van der Waals surface area contributed by atoms with Crippen LogP contribution in [0, 0.1) is 5.92 Å². The van der Waals surface area contributed by atoms with Crippen molar-refractivity contribution in [2.24, 2.45) is 5.92 Å². The molecule has 5 heteroatoms. The van der Waals surface area contributed by atoms with E-state index in [1.807, 2.05) is 0 Å². The van der Waals surface area contributed by atoms with Crippen molar-refractivity contribution in [3.05, 3.63) is 22.6 Å². The molecule has 5 nitrogen and oxygen atoms in total. The molecule has 0 aromatic carbocycles. The molecule has 0 radical (unpaired) electrons. The molecule has 1 N–H and O–H groups in total. The van der Waals surface area contributed by atoms with Gasteiger partial charge in [-0.2, -0.15) is 5.10 Å². The van der Waals surface area contributed by atoms with Crippen LogP contribution in [0.3, 0.4) is 0 Å². The Kier molecular flexibility index (Phi) is 3.82. The fourth-order valence-corrected chi connectivity index (χ4v) is 2.42. The van der Waals surface area contributed by atoms with Gasteiger partial charge in [-0.3, -0.25) is 4.79 Å². The first-order valence-corrected chi connectivity index (χ1v) is 7.24. The van der Waals surface area contributed by atoms with Crippen molar-refractivity contribution in [3.63, 3.8) is 0 Å². The van der Waals surface area contributed by atoms with Crippen LogP contribution in [0.1, 0.15) is 32.1 Å². The summed E-state index contributed by atoms with van der Waals surface area (Å²) < 4.78 is 7.09. The quantitative estimate of drug-likeness (QED) is 0.847. The average Bonchev–Trinajstić information content (AvgIpc) is 3.10. The molecule has 0 amide bonds. The molecule has 1 aliphatic carbocycles. The van der Waals surface area contributed by atoms with Gasteiger partial charge in [-0.25, -0.2) is 4.68 Å². The van der Waals surface area contributed by atoms with Gasteiger partial charge in [0.1, 0.15) is 0 Å². The van der Waals surface area contributed by atoms with Crippen molar-refractivity contribution in [2.75, 3.05) is 18.5 Å². The number of rotatable bonds is 6. The Hall–Kier alpha value is -1.36. The van der Waals surface area contributed by atoms with Gasteiger partial charge in [0.05, 0.1) is 18.0 Å². The van der Waals surface area contributed by atoms with E-state index in [0.29, 0.717) is 12.6 Å². The molecule has 1 unspecified atom stereocenters. The van der Waals surface area contributed by atoms with E-state index in [4.69, 9.17) is 4.74 Å². The highest BCUT2D eigenvalue weighted by atomic mass is 16.5. The van der Waals surface area contributed by atoms with Gasteiger partial charge in [-0.15, -0.1) is 0 Å². The molecule has 1 aromatic heterocycles. The minimum absolute atomic E-state index is 0.0289. The Morgan fingerprint density at radius 1 is 1.42 bits per heavy atom. The van der Waals surface area contributed by atoms with E-state index in [1.54, 1.807) is 12.3 Å². The summed E-state index contributed by atoms with van der Waals surface area (Å²) in [5, 5.41) is 7.49. The number of nitrogens with zero attached hydrogens (tertiary/aromatic N) is 2. The maximum Gasteiger partial charge on any atom is 0.268 e. The minimum Gasteiger partial charge on any atom is -0.383 e. The van der Waals surface area contributed by atoms with Crippen molar-refractivity contribution in [1.29, 1.82) is 0 Å². The fraction of sp³-hybridized carbons (Fsp3) is 0.714. The summed E-state index contributed by atoms with van der Waals surface area (Å²) in [7, 11) is 0. The molecule has 1 aromatic rings.